The Balaban J connectivity index is 1.84. The monoisotopic (exact) mass is 285 g/mol. The minimum Gasteiger partial charge on any atom is -0.385 e. The van der Waals surface area contributed by atoms with Crippen LogP contribution >= 0.6 is 0 Å². The predicted molar refractivity (Wildman–Crippen MR) is 87.7 cm³/mol. The molecule has 2 rings (SSSR count). The summed E-state index contributed by atoms with van der Waals surface area (Å²) in [6.45, 7) is 3.00. The van der Waals surface area contributed by atoms with Crippen LogP contribution < -0.4 is 5.32 Å². The van der Waals surface area contributed by atoms with Crippen molar-refractivity contribution in [1.29, 1.82) is 0 Å². The number of nitrogens with one attached hydrogen (secondary N) is 1. The number of ether oxygens (including phenoxy) is 2. The highest BCUT2D eigenvalue weighted by Gasteiger charge is 2.03. The van der Waals surface area contributed by atoms with E-state index >= 15 is 0 Å². The number of anilines is 1. The van der Waals surface area contributed by atoms with Gasteiger partial charge in [0.2, 0.25) is 0 Å². The first-order valence-electron chi connectivity index (χ1n) is 7.37. The Morgan fingerprint density at radius 2 is 1.62 bits per heavy atom. The van der Waals surface area contributed by atoms with Gasteiger partial charge in [-0.05, 0) is 18.1 Å². The van der Waals surface area contributed by atoms with Gasteiger partial charge in [-0.3, -0.25) is 0 Å². The largest absolute Gasteiger partial charge is 0.385 e. The SMILES string of the molecule is COCCCOCCNc1ccccc1-c1ccccc1. The van der Waals surface area contributed by atoms with Crippen molar-refractivity contribution in [3.63, 3.8) is 0 Å². The van der Waals surface area contributed by atoms with Gasteiger partial charge in [0.25, 0.3) is 0 Å². The lowest BCUT2D eigenvalue weighted by Crippen LogP contribution is -2.11. The van der Waals surface area contributed by atoms with Crippen molar-refractivity contribution in [2.45, 2.75) is 6.42 Å². The first kappa shape index (κ1) is 15.5. The van der Waals surface area contributed by atoms with Crippen molar-refractivity contribution in [3.8, 4) is 11.1 Å². The molecule has 3 heteroatoms. The van der Waals surface area contributed by atoms with Crippen LogP contribution in [0.1, 0.15) is 6.42 Å². The summed E-state index contributed by atoms with van der Waals surface area (Å²) >= 11 is 0. The number of para-hydroxylation sites is 1. The molecule has 0 bridgehead atoms. The Morgan fingerprint density at radius 3 is 2.43 bits per heavy atom. The molecule has 0 aromatic heterocycles. The molecule has 0 spiro atoms. The zero-order valence-electron chi connectivity index (χ0n) is 12.5. The van der Waals surface area contributed by atoms with Crippen molar-refractivity contribution in [1.82, 2.24) is 0 Å². The summed E-state index contributed by atoms with van der Waals surface area (Å²) in [7, 11) is 1.71. The maximum atomic E-state index is 5.56. The fourth-order valence-electron chi connectivity index (χ4n) is 2.17. The van der Waals surface area contributed by atoms with Gasteiger partial charge in [-0.15, -0.1) is 0 Å². The molecule has 0 saturated heterocycles. The molecule has 1 N–H and O–H groups in total. The summed E-state index contributed by atoms with van der Waals surface area (Å²) in [5.41, 5.74) is 3.59. The Labute approximate surface area is 126 Å². The summed E-state index contributed by atoms with van der Waals surface area (Å²) in [6.07, 6.45) is 0.942. The Morgan fingerprint density at radius 1 is 0.857 bits per heavy atom. The van der Waals surface area contributed by atoms with Crippen LogP contribution in [-0.4, -0.2) is 33.5 Å². The van der Waals surface area contributed by atoms with E-state index in [0.29, 0.717) is 6.61 Å². The molecule has 21 heavy (non-hydrogen) atoms. The molecular weight excluding hydrogens is 262 g/mol. The summed E-state index contributed by atoms with van der Waals surface area (Å²) in [5, 5.41) is 3.45. The molecule has 0 aliphatic rings. The van der Waals surface area contributed by atoms with Gasteiger partial charge in [0, 0.05) is 38.1 Å². The second-order valence-corrected chi connectivity index (χ2v) is 4.80. The van der Waals surface area contributed by atoms with Gasteiger partial charge in [-0.1, -0.05) is 48.5 Å². The third-order valence-corrected chi connectivity index (χ3v) is 3.21. The van der Waals surface area contributed by atoms with Crippen LogP contribution in [0.15, 0.2) is 54.6 Å². The van der Waals surface area contributed by atoms with E-state index in [-0.39, 0.29) is 0 Å². The van der Waals surface area contributed by atoms with Gasteiger partial charge in [0.05, 0.1) is 6.61 Å². The summed E-state index contributed by atoms with van der Waals surface area (Å²) in [4.78, 5) is 0. The Kier molecular flexibility index (Phi) is 6.78. The van der Waals surface area contributed by atoms with Crippen LogP contribution in [0.2, 0.25) is 0 Å². The highest BCUT2D eigenvalue weighted by Crippen LogP contribution is 2.27. The van der Waals surface area contributed by atoms with Crippen molar-refractivity contribution < 1.29 is 9.47 Å². The molecule has 0 aliphatic heterocycles. The van der Waals surface area contributed by atoms with E-state index in [0.717, 1.165) is 31.9 Å². The second-order valence-electron chi connectivity index (χ2n) is 4.80. The fourth-order valence-corrected chi connectivity index (χ4v) is 2.17. The zero-order chi connectivity index (χ0) is 14.8. The average molecular weight is 285 g/mol. The third kappa shape index (κ3) is 5.21. The topological polar surface area (TPSA) is 30.5 Å². The van der Waals surface area contributed by atoms with Gasteiger partial charge < -0.3 is 14.8 Å². The van der Waals surface area contributed by atoms with E-state index < -0.39 is 0 Å². The lowest BCUT2D eigenvalue weighted by molar-refractivity contribution is 0.109. The average Bonchev–Trinajstić information content (AvgIpc) is 2.55. The fraction of sp³-hybridized carbons (Fsp3) is 0.333. The predicted octanol–water partition coefficient (Wildman–Crippen LogP) is 3.82. The second kappa shape index (κ2) is 9.16. The molecule has 2 aromatic carbocycles. The molecule has 2 aromatic rings. The summed E-state index contributed by atoms with van der Waals surface area (Å²) < 4.78 is 10.5. The standard InChI is InChI=1S/C18H23NO2/c1-20-13-7-14-21-15-12-19-18-11-6-5-10-17(18)16-8-3-2-4-9-16/h2-6,8-11,19H,7,12-15H2,1H3. The summed E-state index contributed by atoms with van der Waals surface area (Å²) in [5.74, 6) is 0. The number of hydrogen-bond donors (Lipinski definition) is 1. The maximum absolute atomic E-state index is 5.56. The number of rotatable bonds is 9. The van der Waals surface area contributed by atoms with Crippen LogP contribution in [0.25, 0.3) is 11.1 Å². The van der Waals surface area contributed by atoms with Gasteiger partial charge in [0.15, 0.2) is 0 Å². The lowest BCUT2D eigenvalue weighted by Gasteiger charge is -2.12. The first-order chi connectivity index (χ1) is 10.4. The smallest absolute Gasteiger partial charge is 0.0639 e. The quantitative estimate of drug-likeness (QED) is 0.710. The van der Waals surface area contributed by atoms with E-state index in [1.165, 1.54) is 11.1 Å². The van der Waals surface area contributed by atoms with E-state index in [1.54, 1.807) is 7.11 Å². The van der Waals surface area contributed by atoms with Gasteiger partial charge in [-0.25, -0.2) is 0 Å². The van der Waals surface area contributed by atoms with E-state index in [2.05, 4.69) is 47.8 Å². The van der Waals surface area contributed by atoms with Gasteiger partial charge >= 0.3 is 0 Å². The number of benzene rings is 2. The normalized spacial score (nSPS) is 10.5. The summed E-state index contributed by atoms with van der Waals surface area (Å²) in [6, 6.07) is 18.8. The molecule has 0 unspecified atom stereocenters. The third-order valence-electron chi connectivity index (χ3n) is 3.21. The Hall–Kier alpha value is -1.84. The highest BCUT2D eigenvalue weighted by molar-refractivity contribution is 5.77. The van der Waals surface area contributed by atoms with E-state index in [1.807, 2.05) is 12.1 Å². The van der Waals surface area contributed by atoms with Crippen LogP contribution in [0.3, 0.4) is 0 Å². The van der Waals surface area contributed by atoms with Crippen molar-refractivity contribution >= 4 is 5.69 Å². The minimum absolute atomic E-state index is 0.701. The highest BCUT2D eigenvalue weighted by atomic mass is 16.5. The van der Waals surface area contributed by atoms with Gasteiger partial charge in [-0.2, -0.15) is 0 Å². The molecule has 0 fully saturated rings. The molecule has 0 atom stereocenters. The molecule has 0 amide bonds. The van der Waals surface area contributed by atoms with Crippen LogP contribution in [0, 0.1) is 0 Å². The molecule has 0 saturated carbocycles. The molecule has 0 aliphatic carbocycles. The minimum atomic E-state index is 0.701. The molecule has 0 heterocycles. The zero-order valence-corrected chi connectivity index (χ0v) is 12.5. The molecule has 112 valence electrons. The lowest BCUT2D eigenvalue weighted by atomic mass is 10.0. The number of methoxy groups -OCH3 is 1. The van der Waals surface area contributed by atoms with Crippen LogP contribution in [0.4, 0.5) is 5.69 Å². The molecular formula is C18H23NO2. The van der Waals surface area contributed by atoms with Crippen LogP contribution in [-0.2, 0) is 9.47 Å². The van der Waals surface area contributed by atoms with E-state index in [9.17, 15) is 0 Å². The van der Waals surface area contributed by atoms with Crippen LogP contribution in [0.5, 0.6) is 0 Å². The van der Waals surface area contributed by atoms with E-state index in [4.69, 9.17) is 9.47 Å². The number of hydrogen-bond acceptors (Lipinski definition) is 3. The maximum Gasteiger partial charge on any atom is 0.0639 e. The van der Waals surface area contributed by atoms with Crippen molar-refractivity contribution in [2.24, 2.45) is 0 Å². The van der Waals surface area contributed by atoms with Gasteiger partial charge in [0.1, 0.15) is 0 Å². The van der Waals surface area contributed by atoms with Crippen molar-refractivity contribution in [3.05, 3.63) is 54.6 Å². The van der Waals surface area contributed by atoms with Crippen molar-refractivity contribution in [2.75, 3.05) is 38.8 Å². The Bertz CT molecular complexity index is 514. The molecule has 3 nitrogen and oxygen atoms in total. The first-order valence-corrected chi connectivity index (χ1v) is 7.37. The molecule has 0 radical (unpaired) electrons.